The molecule has 4 rings (SSSR count). The Morgan fingerprint density at radius 3 is 2.42 bits per heavy atom. The van der Waals surface area contributed by atoms with E-state index in [4.69, 9.17) is 9.47 Å². The molecule has 1 N–H and O–H groups in total. The summed E-state index contributed by atoms with van der Waals surface area (Å²) < 4.78 is 12.9. The molecule has 0 radical (unpaired) electrons. The molecule has 8 nitrogen and oxygen atoms in total. The highest BCUT2D eigenvalue weighted by Crippen LogP contribution is 2.20. The molecule has 0 aliphatic carbocycles. The molecule has 0 saturated heterocycles. The first-order valence-electron chi connectivity index (χ1n) is 9.71. The van der Waals surface area contributed by atoms with E-state index in [1.165, 1.54) is 6.33 Å². The van der Waals surface area contributed by atoms with Crippen LogP contribution in [0.5, 0.6) is 11.5 Å². The highest BCUT2D eigenvalue weighted by molar-refractivity contribution is 5.92. The molecule has 0 fully saturated rings. The van der Waals surface area contributed by atoms with Crippen LogP contribution in [-0.4, -0.2) is 32.7 Å². The average molecular weight is 415 g/mol. The number of hydrogen-bond donors (Lipinski definition) is 1. The van der Waals surface area contributed by atoms with Gasteiger partial charge in [0, 0.05) is 5.69 Å². The van der Waals surface area contributed by atoms with Crippen molar-refractivity contribution in [1.82, 2.24) is 20.2 Å². The predicted octanol–water partition coefficient (Wildman–Crippen LogP) is 3.57. The van der Waals surface area contributed by atoms with E-state index in [0.717, 1.165) is 22.6 Å². The third-order valence-corrected chi connectivity index (χ3v) is 4.53. The van der Waals surface area contributed by atoms with Crippen LogP contribution in [0.25, 0.3) is 5.69 Å². The minimum Gasteiger partial charge on any atom is -0.489 e. The summed E-state index contributed by atoms with van der Waals surface area (Å²) in [7, 11) is 0. The van der Waals surface area contributed by atoms with Crippen molar-refractivity contribution in [1.29, 1.82) is 0 Å². The molecule has 31 heavy (non-hydrogen) atoms. The molecule has 4 aromatic rings. The highest BCUT2D eigenvalue weighted by Gasteiger charge is 2.08. The van der Waals surface area contributed by atoms with Crippen molar-refractivity contribution in [2.45, 2.75) is 13.5 Å². The van der Waals surface area contributed by atoms with Crippen LogP contribution in [0.2, 0.25) is 0 Å². The zero-order valence-corrected chi connectivity index (χ0v) is 16.9. The molecule has 0 saturated carbocycles. The summed E-state index contributed by atoms with van der Waals surface area (Å²) in [5.74, 6) is 1.05. The van der Waals surface area contributed by atoms with Crippen LogP contribution in [0.3, 0.4) is 0 Å². The fourth-order valence-corrected chi connectivity index (χ4v) is 2.92. The number of aryl methyl sites for hydroxylation is 1. The van der Waals surface area contributed by atoms with E-state index in [-0.39, 0.29) is 12.5 Å². The number of carbonyl (C=O) groups excluding carboxylic acids is 1. The van der Waals surface area contributed by atoms with E-state index in [9.17, 15) is 4.79 Å². The van der Waals surface area contributed by atoms with Crippen LogP contribution in [0.4, 0.5) is 5.69 Å². The minimum atomic E-state index is -0.268. The monoisotopic (exact) mass is 415 g/mol. The number of ether oxygens (including phenoxy) is 2. The molecular formula is C23H21N5O3. The Morgan fingerprint density at radius 1 is 0.968 bits per heavy atom. The van der Waals surface area contributed by atoms with Gasteiger partial charge in [-0.25, -0.2) is 4.68 Å². The largest absolute Gasteiger partial charge is 0.489 e. The summed E-state index contributed by atoms with van der Waals surface area (Å²) in [6.07, 6.45) is 1.50. The van der Waals surface area contributed by atoms with Crippen molar-refractivity contribution in [3.63, 3.8) is 0 Å². The summed E-state index contributed by atoms with van der Waals surface area (Å²) in [5, 5.41) is 14.0. The second-order valence-electron chi connectivity index (χ2n) is 6.84. The number of amides is 1. The highest BCUT2D eigenvalue weighted by atomic mass is 16.5. The number of tetrazole rings is 1. The van der Waals surface area contributed by atoms with Crippen molar-refractivity contribution in [3.8, 4) is 17.2 Å². The Morgan fingerprint density at radius 2 is 1.71 bits per heavy atom. The fourth-order valence-electron chi connectivity index (χ4n) is 2.92. The van der Waals surface area contributed by atoms with Gasteiger partial charge in [0.2, 0.25) is 0 Å². The average Bonchev–Trinajstić information content (AvgIpc) is 3.34. The van der Waals surface area contributed by atoms with Crippen molar-refractivity contribution in [2.75, 3.05) is 11.9 Å². The first-order valence-corrected chi connectivity index (χ1v) is 9.71. The quantitative estimate of drug-likeness (QED) is 0.473. The van der Waals surface area contributed by atoms with Crippen LogP contribution in [-0.2, 0) is 11.4 Å². The summed E-state index contributed by atoms with van der Waals surface area (Å²) in [5.41, 5.74) is 3.50. The lowest BCUT2D eigenvalue weighted by molar-refractivity contribution is -0.118. The standard InChI is InChI=1S/C23H21N5O3/c1-17-7-8-19(13-22(17)28-16-24-26-27-28)25-23(29)15-31-21-11-9-20(10-12-21)30-14-18-5-3-2-4-6-18/h2-13,16H,14-15H2,1H3,(H,25,29). The number of carbonyl (C=O) groups is 1. The molecule has 0 unspecified atom stereocenters. The fraction of sp³-hybridized carbons (Fsp3) is 0.130. The molecule has 0 spiro atoms. The SMILES string of the molecule is Cc1ccc(NC(=O)COc2ccc(OCc3ccccc3)cc2)cc1-n1cnnn1. The molecule has 156 valence electrons. The number of nitrogens with one attached hydrogen (secondary N) is 1. The molecule has 1 heterocycles. The molecule has 0 aliphatic rings. The Bertz CT molecular complexity index is 1130. The molecule has 1 aromatic heterocycles. The van der Waals surface area contributed by atoms with Gasteiger partial charge in [-0.3, -0.25) is 4.79 Å². The third kappa shape index (κ3) is 5.45. The smallest absolute Gasteiger partial charge is 0.262 e. The van der Waals surface area contributed by atoms with Gasteiger partial charge in [-0.05, 0) is 64.9 Å². The van der Waals surface area contributed by atoms with Gasteiger partial charge >= 0.3 is 0 Å². The molecule has 0 aliphatic heterocycles. The molecule has 0 atom stereocenters. The van der Waals surface area contributed by atoms with Gasteiger partial charge in [-0.1, -0.05) is 36.4 Å². The Labute approximate surface area is 179 Å². The molecule has 8 heteroatoms. The maximum atomic E-state index is 12.3. The first kappa shape index (κ1) is 20.1. The molecule has 3 aromatic carbocycles. The van der Waals surface area contributed by atoms with E-state index in [2.05, 4.69) is 20.8 Å². The maximum absolute atomic E-state index is 12.3. The lowest BCUT2D eigenvalue weighted by atomic mass is 10.2. The van der Waals surface area contributed by atoms with Crippen molar-refractivity contribution >= 4 is 11.6 Å². The van der Waals surface area contributed by atoms with Crippen molar-refractivity contribution in [3.05, 3.63) is 90.3 Å². The van der Waals surface area contributed by atoms with E-state index in [0.29, 0.717) is 18.0 Å². The number of rotatable bonds is 8. The maximum Gasteiger partial charge on any atom is 0.262 e. The van der Waals surface area contributed by atoms with Gasteiger partial charge in [-0.2, -0.15) is 0 Å². The summed E-state index contributed by atoms with van der Waals surface area (Å²) >= 11 is 0. The van der Waals surface area contributed by atoms with Gasteiger partial charge in [0.1, 0.15) is 24.4 Å². The Balaban J connectivity index is 1.28. The zero-order valence-electron chi connectivity index (χ0n) is 16.9. The lowest BCUT2D eigenvalue weighted by Crippen LogP contribution is -2.20. The molecule has 1 amide bonds. The first-order chi connectivity index (χ1) is 15.2. The number of hydrogen-bond acceptors (Lipinski definition) is 6. The second-order valence-corrected chi connectivity index (χ2v) is 6.84. The van der Waals surface area contributed by atoms with E-state index in [1.807, 2.05) is 67.6 Å². The topological polar surface area (TPSA) is 91.2 Å². The van der Waals surface area contributed by atoms with Gasteiger partial charge in [0.15, 0.2) is 6.61 Å². The normalized spacial score (nSPS) is 10.5. The van der Waals surface area contributed by atoms with Crippen LogP contribution in [0.1, 0.15) is 11.1 Å². The molecular weight excluding hydrogens is 394 g/mol. The third-order valence-electron chi connectivity index (χ3n) is 4.53. The van der Waals surface area contributed by atoms with Crippen LogP contribution >= 0.6 is 0 Å². The number of anilines is 1. The number of benzene rings is 3. The van der Waals surface area contributed by atoms with E-state index in [1.54, 1.807) is 16.8 Å². The molecule has 0 bridgehead atoms. The zero-order chi connectivity index (χ0) is 21.5. The number of aromatic nitrogens is 4. The Kier molecular flexibility index (Phi) is 6.18. The Hall–Kier alpha value is -4.20. The lowest BCUT2D eigenvalue weighted by Gasteiger charge is -2.11. The van der Waals surface area contributed by atoms with Gasteiger partial charge in [0.25, 0.3) is 5.91 Å². The van der Waals surface area contributed by atoms with Gasteiger partial charge in [0.05, 0.1) is 5.69 Å². The van der Waals surface area contributed by atoms with Crippen LogP contribution in [0.15, 0.2) is 79.1 Å². The van der Waals surface area contributed by atoms with Gasteiger partial charge < -0.3 is 14.8 Å². The van der Waals surface area contributed by atoms with Crippen LogP contribution in [0, 0.1) is 6.92 Å². The second kappa shape index (κ2) is 9.53. The minimum absolute atomic E-state index is 0.113. The van der Waals surface area contributed by atoms with E-state index >= 15 is 0 Å². The summed E-state index contributed by atoms with van der Waals surface area (Å²) in [4.78, 5) is 12.3. The van der Waals surface area contributed by atoms with Crippen molar-refractivity contribution < 1.29 is 14.3 Å². The van der Waals surface area contributed by atoms with E-state index < -0.39 is 0 Å². The van der Waals surface area contributed by atoms with Crippen LogP contribution < -0.4 is 14.8 Å². The summed E-state index contributed by atoms with van der Waals surface area (Å²) in [6, 6.07) is 22.6. The number of nitrogens with zero attached hydrogens (tertiary/aromatic N) is 4. The summed E-state index contributed by atoms with van der Waals surface area (Å²) in [6.45, 7) is 2.32. The van der Waals surface area contributed by atoms with Gasteiger partial charge in [-0.15, -0.1) is 5.10 Å². The predicted molar refractivity (Wildman–Crippen MR) is 115 cm³/mol. The van der Waals surface area contributed by atoms with Crippen molar-refractivity contribution in [2.24, 2.45) is 0 Å².